The minimum atomic E-state index is -0.0469. The average molecular weight is 316 g/mol. The first kappa shape index (κ1) is 16.0. The van der Waals surface area contributed by atoms with E-state index in [1.807, 2.05) is 12.1 Å². The van der Waals surface area contributed by atoms with Crippen molar-refractivity contribution in [2.75, 3.05) is 26.8 Å². The van der Waals surface area contributed by atoms with Gasteiger partial charge in [-0.15, -0.1) is 0 Å². The summed E-state index contributed by atoms with van der Waals surface area (Å²) in [4.78, 5) is 6.94. The van der Waals surface area contributed by atoms with Crippen molar-refractivity contribution in [1.29, 1.82) is 0 Å². The first-order valence-electron chi connectivity index (χ1n) is 8.05. The molecule has 1 saturated heterocycles. The van der Waals surface area contributed by atoms with E-state index >= 15 is 0 Å². The van der Waals surface area contributed by atoms with Crippen molar-refractivity contribution < 1.29 is 9.47 Å². The third kappa shape index (κ3) is 3.89. The zero-order valence-corrected chi connectivity index (χ0v) is 14.0. The summed E-state index contributed by atoms with van der Waals surface area (Å²) in [6.07, 6.45) is -0.0469. The Labute approximate surface area is 136 Å². The Morgan fingerprint density at radius 3 is 3.04 bits per heavy atom. The standard InChI is InChI=1S/C17H24N4O2/c1-12(2)16-18-17(20-19-16)15-11-21(7-8-23-15)10-13-5-4-6-14(9-13)22-3/h4-6,9,12,15H,7-8,10-11H2,1-3H3,(H,18,19,20). The first-order chi connectivity index (χ1) is 11.2. The Morgan fingerprint density at radius 1 is 1.43 bits per heavy atom. The lowest BCUT2D eigenvalue weighted by Crippen LogP contribution is -2.38. The highest BCUT2D eigenvalue weighted by molar-refractivity contribution is 5.28. The fourth-order valence-electron chi connectivity index (χ4n) is 2.73. The summed E-state index contributed by atoms with van der Waals surface area (Å²) in [5.41, 5.74) is 1.24. The number of rotatable bonds is 5. The highest BCUT2D eigenvalue weighted by Gasteiger charge is 2.25. The van der Waals surface area contributed by atoms with Crippen LogP contribution < -0.4 is 4.74 Å². The maximum atomic E-state index is 5.87. The van der Waals surface area contributed by atoms with Gasteiger partial charge in [0.05, 0.1) is 13.7 Å². The Kier molecular flexibility index (Phi) is 4.93. The average Bonchev–Trinajstić information content (AvgIpc) is 3.06. The Bertz CT molecular complexity index is 641. The van der Waals surface area contributed by atoms with Crippen molar-refractivity contribution in [3.05, 3.63) is 41.5 Å². The first-order valence-corrected chi connectivity index (χ1v) is 8.05. The summed E-state index contributed by atoms with van der Waals surface area (Å²) < 4.78 is 11.2. The van der Waals surface area contributed by atoms with Crippen LogP contribution in [0, 0.1) is 0 Å². The molecule has 1 fully saturated rings. The molecular weight excluding hydrogens is 292 g/mol. The molecule has 2 aromatic rings. The molecule has 1 aliphatic heterocycles. The van der Waals surface area contributed by atoms with E-state index in [2.05, 4.69) is 46.1 Å². The van der Waals surface area contributed by atoms with Crippen molar-refractivity contribution in [3.63, 3.8) is 0 Å². The van der Waals surface area contributed by atoms with E-state index < -0.39 is 0 Å². The van der Waals surface area contributed by atoms with Crippen LogP contribution in [0.2, 0.25) is 0 Å². The van der Waals surface area contributed by atoms with Crippen molar-refractivity contribution in [2.24, 2.45) is 0 Å². The third-order valence-corrected chi connectivity index (χ3v) is 4.03. The summed E-state index contributed by atoms with van der Waals surface area (Å²) in [7, 11) is 1.69. The van der Waals surface area contributed by atoms with Crippen LogP contribution in [0.1, 0.15) is 43.1 Å². The molecule has 124 valence electrons. The Hall–Kier alpha value is -1.92. The zero-order valence-electron chi connectivity index (χ0n) is 14.0. The van der Waals surface area contributed by atoms with Gasteiger partial charge in [-0.3, -0.25) is 10.00 Å². The van der Waals surface area contributed by atoms with Crippen molar-refractivity contribution in [3.8, 4) is 5.75 Å². The van der Waals surface area contributed by atoms with Crippen LogP contribution in [0.3, 0.4) is 0 Å². The topological polar surface area (TPSA) is 63.3 Å². The molecule has 2 heterocycles. The van der Waals surface area contributed by atoms with Crippen LogP contribution in [0.25, 0.3) is 0 Å². The number of ether oxygens (including phenoxy) is 2. The number of aromatic nitrogens is 3. The predicted molar refractivity (Wildman–Crippen MR) is 87.4 cm³/mol. The summed E-state index contributed by atoms with van der Waals surface area (Å²) in [6.45, 7) is 7.48. The number of hydrogen-bond donors (Lipinski definition) is 1. The smallest absolute Gasteiger partial charge is 0.155 e. The van der Waals surface area contributed by atoms with Crippen molar-refractivity contribution >= 4 is 0 Å². The molecule has 0 saturated carbocycles. The van der Waals surface area contributed by atoms with E-state index in [1.165, 1.54) is 5.56 Å². The van der Waals surface area contributed by atoms with Gasteiger partial charge in [-0.05, 0) is 17.7 Å². The molecule has 23 heavy (non-hydrogen) atoms. The van der Waals surface area contributed by atoms with Crippen molar-refractivity contribution in [1.82, 2.24) is 20.1 Å². The van der Waals surface area contributed by atoms with Gasteiger partial charge >= 0.3 is 0 Å². The minimum Gasteiger partial charge on any atom is -0.497 e. The predicted octanol–water partition coefficient (Wildman–Crippen LogP) is 2.51. The second kappa shape index (κ2) is 7.10. The maximum Gasteiger partial charge on any atom is 0.155 e. The highest BCUT2D eigenvalue weighted by Crippen LogP contribution is 2.22. The van der Waals surface area contributed by atoms with Crippen LogP contribution in [0.4, 0.5) is 0 Å². The fraction of sp³-hybridized carbons (Fsp3) is 0.529. The molecule has 0 radical (unpaired) electrons. The molecule has 1 unspecified atom stereocenters. The molecule has 0 spiro atoms. The van der Waals surface area contributed by atoms with Gasteiger partial charge in [-0.1, -0.05) is 26.0 Å². The van der Waals surface area contributed by atoms with Crippen LogP contribution >= 0.6 is 0 Å². The van der Waals surface area contributed by atoms with E-state index in [-0.39, 0.29) is 6.10 Å². The van der Waals surface area contributed by atoms with E-state index in [9.17, 15) is 0 Å². The molecule has 6 nitrogen and oxygen atoms in total. The SMILES string of the molecule is COc1cccc(CN2CCOC(c3nc(C(C)C)n[nH]3)C2)c1. The van der Waals surface area contributed by atoms with Gasteiger partial charge in [0, 0.05) is 25.6 Å². The Balaban J connectivity index is 1.65. The molecule has 0 amide bonds. The molecule has 1 N–H and O–H groups in total. The normalized spacial score (nSPS) is 19.2. The summed E-state index contributed by atoms with van der Waals surface area (Å²) in [5.74, 6) is 2.87. The number of aromatic amines is 1. The van der Waals surface area contributed by atoms with Gasteiger partial charge in [0.1, 0.15) is 11.9 Å². The van der Waals surface area contributed by atoms with Crippen LogP contribution in [-0.2, 0) is 11.3 Å². The van der Waals surface area contributed by atoms with Gasteiger partial charge in [-0.2, -0.15) is 5.10 Å². The number of hydrogen-bond acceptors (Lipinski definition) is 5. The molecule has 3 rings (SSSR count). The molecule has 1 aromatic heterocycles. The molecule has 6 heteroatoms. The molecular formula is C17H24N4O2. The maximum absolute atomic E-state index is 5.87. The van der Waals surface area contributed by atoms with Gasteiger partial charge in [0.25, 0.3) is 0 Å². The van der Waals surface area contributed by atoms with Gasteiger partial charge < -0.3 is 9.47 Å². The lowest BCUT2D eigenvalue weighted by atomic mass is 10.1. The summed E-state index contributed by atoms with van der Waals surface area (Å²) in [5, 5.41) is 7.30. The molecule has 1 aliphatic rings. The van der Waals surface area contributed by atoms with Crippen LogP contribution in [0.15, 0.2) is 24.3 Å². The van der Waals surface area contributed by atoms with Crippen LogP contribution in [0.5, 0.6) is 5.75 Å². The number of morpholine rings is 1. The van der Waals surface area contributed by atoms with Gasteiger partial charge in [0.2, 0.25) is 0 Å². The van der Waals surface area contributed by atoms with Crippen molar-refractivity contribution in [2.45, 2.75) is 32.4 Å². The second-order valence-electron chi connectivity index (χ2n) is 6.18. The Morgan fingerprint density at radius 2 is 2.30 bits per heavy atom. The van der Waals surface area contributed by atoms with E-state index in [0.29, 0.717) is 12.5 Å². The van der Waals surface area contributed by atoms with Gasteiger partial charge in [0.15, 0.2) is 11.6 Å². The van der Waals surface area contributed by atoms with Gasteiger partial charge in [-0.25, -0.2) is 4.98 Å². The summed E-state index contributed by atoms with van der Waals surface area (Å²) in [6, 6.07) is 8.19. The quantitative estimate of drug-likeness (QED) is 0.918. The second-order valence-corrected chi connectivity index (χ2v) is 6.18. The fourth-order valence-corrected chi connectivity index (χ4v) is 2.73. The van der Waals surface area contributed by atoms with E-state index in [0.717, 1.165) is 37.0 Å². The third-order valence-electron chi connectivity index (χ3n) is 4.03. The van der Waals surface area contributed by atoms with Crippen LogP contribution in [-0.4, -0.2) is 46.9 Å². The number of nitrogens with zero attached hydrogens (tertiary/aromatic N) is 3. The number of H-pyrrole nitrogens is 1. The molecule has 1 atom stereocenters. The lowest BCUT2D eigenvalue weighted by molar-refractivity contribution is -0.0371. The number of benzene rings is 1. The number of nitrogens with one attached hydrogen (secondary N) is 1. The van der Waals surface area contributed by atoms with E-state index in [4.69, 9.17) is 9.47 Å². The highest BCUT2D eigenvalue weighted by atomic mass is 16.5. The summed E-state index contributed by atoms with van der Waals surface area (Å²) >= 11 is 0. The monoisotopic (exact) mass is 316 g/mol. The largest absolute Gasteiger partial charge is 0.497 e. The molecule has 1 aromatic carbocycles. The molecule has 0 bridgehead atoms. The number of methoxy groups -OCH3 is 1. The van der Waals surface area contributed by atoms with E-state index in [1.54, 1.807) is 7.11 Å². The zero-order chi connectivity index (χ0) is 16.2. The lowest BCUT2D eigenvalue weighted by Gasteiger charge is -2.31. The minimum absolute atomic E-state index is 0.0469. The molecule has 0 aliphatic carbocycles.